The highest BCUT2D eigenvalue weighted by atomic mass is 32.1. The molecule has 4 rings (SSSR count). The second-order valence-electron chi connectivity index (χ2n) is 8.63. The molecule has 0 aliphatic carbocycles. The molecule has 0 radical (unpaired) electrons. The Morgan fingerprint density at radius 2 is 2.06 bits per heavy atom. The van der Waals surface area contributed by atoms with Crippen molar-refractivity contribution >= 4 is 28.1 Å². The highest BCUT2D eigenvalue weighted by Gasteiger charge is 2.41. The Morgan fingerprint density at radius 1 is 1.34 bits per heavy atom. The number of hydrogen-bond acceptors (Lipinski definition) is 8. The van der Waals surface area contributed by atoms with E-state index in [1.807, 2.05) is 0 Å². The summed E-state index contributed by atoms with van der Waals surface area (Å²) in [7, 11) is 0. The van der Waals surface area contributed by atoms with Gasteiger partial charge >= 0.3 is 0 Å². The Labute approximate surface area is 204 Å². The Morgan fingerprint density at radius 3 is 2.69 bits per heavy atom. The predicted octanol–water partition coefficient (Wildman–Crippen LogP) is 2.40. The van der Waals surface area contributed by atoms with Crippen molar-refractivity contribution in [1.82, 2.24) is 10.3 Å². The Balaban J connectivity index is 1.68. The van der Waals surface area contributed by atoms with Crippen LogP contribution < -0.4 is 16.4 Å². The molecule has 0 spiro atoms. The maximum absolute atomic E-state index is 14.8. The zero-order chi connectivity index (χ0) is 25.3. The molecule has 7 N–H and O–H groups in total. The summed E-state index contributed by atoms with van der Waals surface area (Å²) in [6, 6.07) is 8.43. The van der Waals surface area contributed by atoms with Crippen LogP contribution in [-0.2, 0) is 12.0 Å². The molecule has 1 saturated heterocycles. The number of aliphatic hydroxyl groups excluding tert-OH is 2. The normalized spacial score (nSPS) is 21.0. The standard InChI is InChI=1S/C24H26F2N4O4S/c1-12(31)7-13-8-15(25)21(16(26)9-13)17-10-14(22(27)33)23(35-17)30-20-4-2-3-18(29-20)24(34)5-6-28-11-19(24)32/h2-4,8-10,12,19,28,31-32,34H,5-7,11H2,1H3,(H2,27,33)(H,29,30). The summed E-state index contributed by atoms with van der Waals surface area (Å²) in [6.07, 6.45) is -1.47. The first-order valence-corrected chi connectivity index (χ1v) is 11.9. The van der Waals surface area contributed by atoms with Gasteiger partial charge in [0.15, 0.2) is 0 Å². The summed E-state index contributed by atoms with van der Waals surface area (Å²) in [4.78, 5) is 16.6. The van der Waals surface area contributed by atoms with Crippen molar-refractivity contribution in [3.63, 3.8) is 0 Å². The van der Waals surface area contributed by atoms with E-state index in [9.17, 15) is 28.9 Å². The SMILES string of the molecule is CC(O)Cc1cc(F)c(-c2cc(C(N)=O)c(Nc3cccc(C4(O)CCNCC4O)n3)s2)c(F)c1. The fourth-order valence-electron chi connectivity index (χ4n) is 4.12. The van der Waals surface area contributed by atoms with Gasteiger partial charge in [0.25, 0.3) is 5.91 Å². The molecular formula is C24H26F2N4O4S. The van der Waals surface area contributed by atoms with Gasteiger partial charge in [-0.05, 0) is 62.2 Å². The third-order valence-electron chi connectivity index (χ3n) is 5.88. The minimum Gasteiger partial charge on any atom is -0.393 e. The van der Waals surface area contributed by atoms with Crippen molar-refractivity contribution < 1.29 is 28.9 Å². The van der Waals surface area contributed by atoms with Crippen LogP contribution in [0.3, 0.4) is 0 Å². The predicted molar refractivity (Wildman–Crippen MR) is 128 cm³/mol. The molecule has 1 aliphatic rings. The maximum Gasteiger partial charge on any atom is 0.251 e. The van der Waals surface area contributed by atoms with E-state index >= 15 is 0 Å². The van der Waals surface area contributed by atoms with Gasteiger partial charge in [0.05, 0.1) is 22.9 Å². The van der Waals surface area contributed by atoms with E-state index in [1.54, 1.807) is 18.2 Å². The van der Waals surface area contributed by atoms with Gasteiger partial charge in [-0.2, -0.15) is 0 Å². The number of thiophene rings is 1. The van der Waals surface area contributed by atoms with Gasteiger partial charge < -0.3 is 31.7 Å². The summed E-state index contributed by atoms with van der Waals surface area (Å²) in [6.45, 7) is 2.23. The lowest BCUT2D eigenvalue weighted by Gasteiger charge is -2.36. The van der Waals surface area contributed by atoms with Gasteiger partial charge in [-0.15, -0.1) is 11.3 Å². The topological polar surface area (TPSA) is 141 Å². The van der Waals surface area contributed by atoms with Crippen molar-refractivity contribution in [1.29, 1.82) is 0 Å². The number of carbonyl (C=O) groups is 1. The number of nitrogens with zero attached hydrogens (tertiary/aromatic N) is 1. The van der Waals surface area contributed by atoms with Crippen molar-refractivity contribution in [2.24, 2.45) is 5.73 Å². The third-order valence-corrected chi connectivity index (χ3v) is 6.95. The van der Waals surface area contributed by atoms with Crippen LogP contribution in [0.15, 0.2) is 36.4 Å². The highest BCUT2D eigenvalue weighted by Crippen LogP contribution is 2.40. The number of halogens is 2. The van der Waals surface area contributed by atoms with E-state index in [0.717, 1.165) is 23.5 Å². The number of benzene rings is 1. The van der Waals surface area contributed by atoms with Crippen LogP contribution in [0.5, 0.6) is 0 Å². The van der Waals surface area contributed by atoms with Crippen molar-refractivity contribution in [2.45, 2.75) is 37.6 Å². The second kappa shape index (κ2) is 9.96. The molecule has 2 aromatic heterocycles. The fraction of sp³-hybridized carbons (Fsp3) is 0.333. The number of amides is 1. The molecule has 1 aliphatic heterocycles. The molecule has 0 bridgehead atoms. The lowest BCUT2D eigenvalue weighted by Crippen LogP contribution is -2.52. The first-order chi connectivity index (χ1) is 16.6. The van der Waals surface area contributed by atoms with Crippen LogP contribution in [0, 0.1) is 11.6 Å². The molecule has 11 heteroatoms. The number of carbonyl (C=O) groups excluding carboxylic acids is 1. The number of pyridine rings is 1. The highest BCUT2D eigenvalue weighted by molar-refractivity contribution is 7.20. The quantitative estimate of drug-likeness (QED) is 0.290. The lowest BCUT2D eigenvalue weighted by molar-refractivity contribution is -0.100. The van der Waals surface area contributed by atoms with Crippen LogP contribution in [0.25, 0.3) is 10.4 Å². The zero-order valence-corrected chi connectivity index (χ0v) is 19.7. The van der Waals surface area contributed by atoms with Crippen LogP contribution in [0.4, 0.5) is 19.6 Å². The van der Waals surface area contributed by atoms with Crippen LogP contribution in [-0.4, -0.2) is 51.5 Å². The van der Waals surface area contributed by atoms with E-state index in [2.05, 4.69) is 15.6 Å². The second-order valence-corrected chi connectivity index (χ2v) is 9.68. The van der Waals surface area contributed by atoms with E-state index in [-0.39, 0.29) is 51.9 Å². The summed E-state index contributed by atoms with van der Waals surface area (Å²) in [5, 5.41) is 37.0. The molecule has 1 aromatic carbocycles. The van der Waals surface area contributed by atoms with Gasteiger partial charge in [-0.3, -0.25) is 4.79 Å². The fourth-order valence-corrected chi connectivity index (χ4v) is 5.24. The largest absolute Gasteiger partial charge is 0.393 e. The maximum atomic E-state index is 14.8. The van der Waals surface area contributed by atoms with Gasteiger partial charge in [0.1, 0.15) is 34.2 Å². The summed E-state index contributed by atoms with van der Waals surface area (Å²) >= 11 is 0.922. The molecule has 8 nitrogen and oxygen atoms in total. The number of primary amides is 1. The molecule has 1 fully saturated rings. The van der Waals surface area contributed by atoms with Crippen LogP contribution >= 0.6 is 11.3 Å². The van der Waals surface area contributed by atoms with Gasteiger partial charge in [0, 0.05) is 11.4 Å². The zero-order valence-electron chi connectivity index (χ0n) is 18.9. The minimum absolute atomic E-state index is 0.0182. The van der Waals surface area contributed by atoms with Gasteiger partial charge in [-0.1, -0.05) is 6.07 Å². The number of nitrogens with one attached hydrogen (secondary N) is 2. The number of rotatable bonds is 7. The first-order valence-electron chi connectivity index (χ1n) is 11.0. The van der Waals surface area contributed by atoms with Gasteiger partial charge in [-0.25, -0.2) is 13.8 Å². The number of piperidine rings is 1. The smallest absolute Gasteiger partial charge is 0.251 e. The molecule has 3 aromatic rings. The number of β-amino-alcohol motifs (C(OH)–C–C–N with tert-alkyl or cyclic N) is 1. The van der Waals surface area contributed by atoms with E-state index < -0.39 is 35.4 Å². The Hall–Kier alpha value is -2.96. The summed E-state index contributed by atoms with van der Waals surface area (Å²) in [5.74, 6) is -2.20. The average molecular weight is 505 g/mol. The summed E-state index contributed by atoms with van der Waals surface area (Å²) in [5.41, 5.74) is 4.23. The van der Waals surface area contributed by atoms with Crippen LogP contribution in [0.1, 0.15) is 35.0 Å². The number of aromatic nitrogens is 1. The Kier molecular flexibility index (Phi) is 7.15. The van der Waals surface area contributed by atoms with E-state index in [0.29, 0.717) is 12.1 Å². The molecule has 3 heterocycles. The molecule has 3 atom stereocenters. The number of hydrogen-bond donors (Lipinski definition) is 6. The third kappa shape index (κ3) is 5.19. The van der Waals surface area contributed by atoms with Crippen LogP contribution in [0.2, 0.25) is 0 Å². The molecule has 35 heavy (non-hydrogen) atoms. The molecular weight excluding hydrogens is 478 g/mol. The lowest BCUT2D eigenvalue weighted by atomic mass is 9.86. The molecule has 3 unspecified atom stereocenters. The molecule has 1 amide bonds. The monoisotopic (exact) mass is 504 g/mol. The molecule has 0 saturated carbocycles. The summed E-state index contributed by atoms with van der Waals surface area (Å²) < 4.78 is 29.7. The number of anilines is 2. The first kappa shape index (κ1) is 25.1. The molecule has 186 valence electrons. The van der Waals surface area contributed by atoms with E-state index in [4.69, 9.17) is 5.73 Å². The van der Waals surface area contributed by atoms with Crippen molar-refractivity contribution in [3.05, 3.63) is 64.9 Å². The number of aliphatic hydroxyl groups is 3. The van der Waals surface area contributed by atoms with Crippen molar-refractivity contribution in [3.8, 4) is 10.4 Å². The number of nitrogens with two attached hydrogens (primary N) is 1. The average Bonchev–Trinajstić information content (AvgIpc) is 3.18. The Bertz CT molecular complexity index is 1230. The van der Waals surface area contributed by atoms with Gasteiger partial charge in [0.2, 0.25) is 0 Å². The minimum atomic E-state index is -1.55. The van der Waals surface area contributed by atoms with E-state index in [1.165, 1.54) is 13.0 Å². The van der Waals surface area contributed by atoms with Crippen molar-refractivity contribution in [2.75, 3.05) is 18.4 Å².